The third kappa shape index (κ3) is 28.3. The lowest BCUT2D eigenvalue weighted by molar-refractivity contribution is 0.189. The quantitative estimate of drug-likeness (QED) is 0.0533. The Bertz CT molecular complexity index is 923. The Labute approximate surface area is 331 Å². The molecule has 53 heavy (non-hydrogen) atoms. The van der Waals surface area contributed by atoms with Gasteiger partial charge in [-0.1, -0.05) is 238 Å². The second kappa shape index (κ2) is 36.8. The Morgan fingerprint density at radius 3 is 1.08 bits per heavy atom. The largest absolute Gasteiger partial charge is 0.508 e. The molecule has 0 bridgehead atoms. The molecule has 0 saturated carbocycles. The SMILES string of the molecule is CCCCCCCCCCCCCCCCCCOP(=O)(OCCCCCCCCCCCCCCCCCC)C(CCCC)c1ccc(O)c(C)c1. The van der Waals surface area contributed by atoms with Crippen molar-refractivity contribution >= 4 is 7.60 Å². The summed E-state index contributed by atoms with van der Waals surface area (Å²) in [4.78, 5) is 0. The smallest absolute Gasteiger partial charge is 0.338 e. The molecule has 0 aliphatic heterocycles. The van der Waals surface area contributed by atoms with Gasteiger partial charge in [-0.05, 0) is 43.4 Å². The van der Waals surface area contributed by atoms with Crippen LogP contribution in [0.15, 0.2) is 18.2 Å². The molecule has 1 unspecified atom stereocenters. The fourth-order valence-corrected chi connectivity index (χ4v) is 9.92. The van der Waals surface area contributed by atoms with Crippen LogP contribution in [0.5, 0.6) is 5.75 Å². The Kier molecular flexibility index (Phi) is 34.8. The molecule has 0 heterocycles. The molecule has 0 aliphatic rings. The molecule has 0 fully saturated rings. The van der Waals surface area contributed by atoms with Crippen molar-refractivity contribution in [3.63, 3.8) is 0 Å². The number of phenols is 1. The summed E-state index contributed by atoms with van der Waals surface area (Å²) < 4.78 is 27.3. The molecule has 0 amide bonds. The molecule has 0 radical (unpaired) electrons. The Morgan fingerprint density at radius 1 is 0.472 bits per heavy atom. The van der Waals surface area contributed by atoms with Crippen molar-refractivity contribution in [1.82, 2.24) is 0 Å². The molecule has 1 atom stereocenters. The van der Waals surface area contributed by atoms with E-state index in [0.717, 1.165) is 56.1 Å². The van der Waals surface area contributed by atoms with Gasteiger partial charge in [0.1, 0.15) is 5.75 Å². The van der Waals surface area contributed by atoms with Gasteiger partial charge in [-0.3, -0.25) is 4.57 Å². The zero-order valence-corrected chi connectivity index (χ0v) is 37.0. The van der Waals surface area contributed by atoms with Gasteiger partial charge in [0.05, 0.1) is 18.9 Å². The second-order valence-corrected chi connectivity index (χ2v) is 18.7. The third-order valence-electron chi connectivity index (χ3n) is 11.4. The first kappa shape index (κ1) is 50.2. The van der Waals surface area contributed by atoms with E-state index in [2.05, 4.69) is 20.8 Å². The van der Waals surface area contributed by atoms with Crippen LogP contribution in [0.25, 0.3) is 0 Å². The van der Waals surface area contributed by atoms with E-state index in [1.54, 1.807) is 6.07 Å². The number of aromatic hydroxyl groups is 1. The molecule has 0 aromatic heterocycles. The van der Waals surface area contributed by atoms with E-state index in [1.165, 1.54) is 180 Å². The van der Waals surface area contributed by atoms with E-state index in [1.807, 2.05) is 19.1 Å². The highest BCUT2D eigenvalue weighted by Crippen LogP contribution is 2.63. The third-order valence-corrected chi connectivity index (χ3v) is 13.8. The van der Waals surface area contributed by atoms with Crippen LogP contribution in [0.1, 0.15) is 262 Å². The van der Waals surface area contributed by atoms with Crippen LogP contribution in [-0.4, -0.2) is 18.3 Å². The number of hydrogen-bond donors (Lipinski definition) is 1. The first-order valence-electron chi connectivity index (χ1n) is 23.7. The number of aryl methyl sites for hydroxylation is 1. The van der Waals surface area contributed by atoms with Gasteiger partial charge < -0.3 is 14.2 Å². The van der Waals surface area contributed by atoms with Gasteiger partial charge in [-0.25, -0.2) is 0 Å². The van der Waals surface area contributed by atoms with Crippen LogP contribution in [-0.2, 0) is 13.6 Å². The fourth-order valence-electron chi connectivity index (χ4n) is 7.69. The summed E-state index contributed by atoms with van der Waals surface area (Å²) in [5.41, 5.74) is 1.49. The lowest BCUT2D eigenvalue weighted by atomic mass is 10.0. The molecule has 0 spiro atoms. The first-order valence-corrected chi connectivity index (χ1v) is 25.3. The zero-order valence-electron chi connectivity index (χ0n) is 36.1. The number of phenolic OH excluding ortho intramolecular Hbond substituents is 1. The molecule has 1 aromatic carbocycles. The fraction of sp³-hybridized carbons (Fsp3) is 0.875. The molecule has 5 heteroatoms. The van der Waals surface area contributed by atoms with Crippen LogP contribution in [0, 0.1) is 6.92 Å². The van der Waals surface area contributed by atoms with E-state index in [0.29, 0.717) is 13.2 Å². The average molecular weight is 763 g/mol. The van der Waals surface area contributed by atoms with E-state index >= 15 is 0 Å². The highest BCUT2D eigenvalue weighted by Gasteiger charge is 2.37. The molecule has 0 saturated heterocycles. The summed E-state index contributed by atoms with van der Waals surface area (Å²) in [5.74, 6) is 0.279. The van der Waals surface area contributed by atoms with E-state index in [-0.39, 0.29) is 11.4 Å². The van der Waals surface area contributed by atoms with Gasteiger partial charge in [0.2, 0.25) is 0 Å². The lowest BCUT2D eigenvalue weighted by Crippen LogP contribution is -2.09. The predicted octanol–water partition coefficient (Wildman–Crippen LogP) is 17.7. The number of hydrogen-bond acceptors (Lipinski definition) is 4. The zero-order chi connectivity index (χ0) is 38.5. The van der Waals surface area contributed by atoms with Crippen molar-refractivity contribution in [3.05, 3.63) is 29.3 Å². The molecule has 1 N–H and O–H groups in total. The molecular formula is C48H91O4P. The summed E-state index contributed by atoms with van der Waals surface area (Å²) in [6.45, 7) is 9.66. The number of unbranched alkanes of at least 4 members (excludes halogenated alkanes) is 31. The summed E-state index contributed by atoms with van der Waals surface area (Å²) in [6.07, 6.45) is 45.4. The second-order valence-electron chi connectivity index (χ2n) is 16.5. The highest BCUT2D eigenvalue weighted by atomic mass is 31.2. The maximum Gasteiger partial charge on any atom is 0.338 e. The minimum absolute atomic E-state index is 0.279. The van der Waals surface area contributed by atoms with Gasteiger partial charge in [0.25, 0.3) is 0 Å². The molecule has 1 aromatic rings. The van der Waals surface area contributed by atoms with Crippen molar-refractivity contribution in [2.24, 2.45) is 0 Å². The van der Waals surface area contributed by atoms with E-state index in [9.17, 15) is 9.67 Å². The summed E-state index contributed by atoms with van der Waals surface area (Å²) in [7, 11) is -3.38. The van der Waals surface area contributed by atoms with Crippen molar-refractivity contribution < 1.29 is 18.7 Å². The molecule has 4 nitrogen and oxygen atoms in total. The Morgan fingerprint density at radius 2 is 0.774 bits per heavy atom. The van der Waals surface area contributed by atoms with Crippen molar-refractivity contribution in [2.75, 3.05) is 13.2 Å². The van der Waals surface area contributed by atoms with Gasteiger partial charge in [0, 0.05) is 0 Å². The lowest BCUT2D eigenvalue weighted by Gasteiger charge is -2.28. The minimum atomic E-state index is -3.38. The molecule has 0 aliphatic carbocycles. The number of benzene rings is 1. The average Bonchev–Trinajstić information content (AvgIpc) is 3.15. The Hall–Kier alpha value is -0.830. The standard InChI is InChI=1S/C48H91O4P/c1-5-8-11-13-15-17-19-21-23-25-27-29-31-33-35-37-42-51-53(50,48(39-10-7-3)46-40-41-47(49)45(4)44-46)52-43-38-36-34-32-30-28-26-24-22-20-18-16-14-12-9-6-2/h40-41,44,48-49H,5-39,42-43H2,1-4H3. The van der Waals surface area contributed by atoms with Crippen LogP contribution < -0.4 is 0 Å². The summed E-state index contributed by atoms with van der Waals surface area (Å²) in [5, 5.41) is 10.2. The van der Waals surface area contributed by atoms with Gasteiger partial charge in [0.15, 0.2) is 0 Å². The molecular weight excluding hydrogens is 671 g/mol. The predicted molar refractivity (Wildman–Crippen MR) is 234 cm³/mol. The molecule has 312 valence electrons. The van der Waals surface area contributed by atoms with Crippen molar-refractivity contribution in [1.29, 1.82) is 0 Å². The van der Waals surface area contributed by atoms with Gasteiger partial charge in [-0.15, -0.1) is 0 Å². The van der Waals surface area contributed by atoms with Crippen LogP contribution in [0.2, 0.25) is 0 Å². The Balaban J connectivity index is 2.37. The van der Waals surface area contributed by atoms with Crippen molar-refractivity contribution in [3.8, 4) is 5.75 Å². The minimum Gasteiger partial charge on any atom is -0.508 e. The normalized spacial score (nSPS) is 12.5. The number of rotatable bonds is 41. The van der Waals surface area contributed by atoms with Gasteiger partial charge >= 0.3 is 7.60 Å². The molecule has 1 rings (SSSR count). The highest BCUT2D eigenvalue weighted by molar-refractivity contribution is 7.54. The van der Waals surface area contributed by atoms with Crippen LogP contribution in [0.3, 0.4) is 0 Å². The summed E-state index contributed by atoms with van der Waals surface area (Å²) >= 11 is 0. The maximum absolute atomic E-state index is 14.6. The maximum atomic E-state index is 14.6. The van der Waals surface area contributed by atoms with E-state index in [4.69, 9.17) is 9.05 Å². The van der Waals surface area contributed by atoms with Crippen molar-refractivity contribution in [2.45, 2.75) is 258 Å². The van der Waals surface area contributed by atoms with Crippen LogP contribution in [0.4, 0.5) is 0 Å². The van der Waals surface area contributed by atoms with E-state index < -0.39 is 7.60 Å². The topological polar surface area (TPSA) is 55.8 Å². The first-order chi connectivity index (χ1) is 26.0. The monoisotopic (exact) mass is 763 g/mol. The van der Waals surface area contributed by atoms with Gasteiger partial charge in [-0.2, -0.15) is 0 Å². The summed E-state index contributed by atoms with van der Waals surface area (Å²) in [6, 6.07) is 5.64. The van der Waals surface area contributed by atoms with Crippen LogP contribution >= 0.6 is 7.60 Å².